The van der Waals surface area contributed by atoms with Gasteiger partial charge in [-0.15, -0.1) is 5.10 Å². The van der Waals surface area contributed by atoms with Crippen LogP contribution in [0.3, 0.4) is 0 Å². The van der Waals surface area contributed by atoms with Gasteiger partial charge in [0, 0.05) is 12.2 Å². The molecule has 1 heterocycles. The Morgan fingerprint density at radius 1 is 1.06 bits per heavy atom. The lowest BCUT2D eigenvalue weighted by molar-refractivity contribution is 0.904. The summed E-state index contributed by atoms with van der Waals surface area (Å²) in [6.07, 6.45) is 0. The Hall–Kier alpha value is -2.01. The van der Waals surface area contributed by atoms with Gasteiger partial charge < -0.3 is 11.1 Å². The molecule has 3 N–H and O–H groups in total. The molecule has 5 heteroatoms. The third-order valence-corrected chi connectivity index (χ3v) is 2.54. The fourth-order valence-electron chi connectivity index (χ4n) is 1.36. The van der Waals surface area contributed by atoms with Gasteiger partial charge in [-0.3, -0.25) is 0 Å². The first-order chi connectivity index (χ1) is 8.19. The zero-order valence-electron chi connectivity index (χ0n) is 9.94. The number of nitrogens with zero attached hydrogens (tertiary/aromatic N) is 3. The average molecular weight is 229 g/mol. The van der Waals surface area contributed by atoms with Gasteiger partial charge in [0.15, 0.2) is 0 Å². The van der Waals surface area contributed by atoms with Crippen LogP contribution in [-0.2, 0) is 6.54 Å². The Morgan fingerprint density at radius 2 is 1.76 bits per heavy atom. The molecule has 0 bridgehead atoms. The van der Waals surface area contributed by atoms with E-state index in [0.29, 0.717) is 12.5 Å². The fourth-order valence-corrected chi connectivity index (χ4v) is 1.36. The summed E-state index contributed by atoms with van der Waals surface area (Å²) in [5.74, 6) is 0.508. The molecule has 1 aromatic carbocycles. The van der Waals surface area contributed by atoms with Crippen molar-refractivity contribution in [3.8, 4) is 0 Å². The summed E-state index contributed by atoms with van der Waals surface area (Å²) in [5.41, 5.74) is 9.27. The maximum absolute atomic E-state index is 5.53. The molecule has 88 valence electrons. The zero-order valence-corrected chi connectivity index (χ0v) is 9.94. The van der Waals surface area contributed by atoms with Crippen LogP contribution in [0.5, 0.6) is 0 Å². The van der Waals surface area contributed by atoms with E-state index in [4.69, 9.17) is 5.73 Å². The Balaban J connectivity index is 2.16. The summed E-state index contributed by atoms with van der Waals surface area (Å²) in [5, 5.41) is 11.1. The SMILES string of the molecule is Cc1nnc(Nc2ccc(CN)cc2)nc1C. The van der Waals surface area contributed by atoms with Crippen molar-refractivity contribution >= 4 is 11.6 Å². The molecular weight excluding hydrogens is 214 g/mol. The third-order valence-electron chi connectivity index (χ3n) is 2.54. The van der Waals surface area contributed by atoms with Crippen molar-refractivity contribution in [2.75, 3.05) is 5.32 Å². The number of hydrogen-bond donors (Lipinski definition) is 2. The van der Waals surface area contributed by atoms with Gasteiger partial charge in [0.1, 0.15) is 0 Å². The summed E-state index contributed by atoms with van der Waals surface area (Å²) >= 11 is 0. The van der Waals surface area contributed by atoms with Crippen LogP contribution >= 0.6 is 0 Å². The standard InChI is InChI=1S/C12H15N5/c1-8-9(2)16-17-12(14-8)15-11-5-3-10(7-13)4-6-11/h3-6H,7,13H2,1-2H3,(H,14,15,17). The molecule has 1 aromatic heterocycles. The van der Waals surface area contributed by atoms with E-state index in [1.807, 2.05) is 38.1 Å². The van der Waals surface area contributed by atoms with Crippen LogP contribution in [0.15, 0.2) is 24.3 Å². The topological polar surface area (TPSA) is 76.7 Å². The van der Waals surface area contributed by atoms with Gasteiger partial charge in [0.25, 0.3) is 0 Å². The first-order valence-electron chi connectivity index (χ1n) is 5.43. The lowest BCUT2D eigenvalue weighted by Crippen LogP contribution is -2.03. The van der Waals surface area contributed by atoms with Crippen LogP contribution in [0.25, 0.3) is 0 Å². The lowest BCUT2D eigenvalue weighted by Gasteiger charge is -2.06. The monoisotopic (exact) mass is 229 g/mol. The third kappa shape index (κ3) is 2.76. The van der Waals surface area contributed by atoms with Crippen LogP contribution in [0.2, 0.25) is 0 Å². The number of hydrogen-bond acceptors (Lipinski definition) is 5. The summed E-state index contributed by atoms with van der Waals surface area (Å²) < 4.78 is 0. The summed E-state index contributed by atoms with van der Waals surface area (Å²) in [7, 11) is 0. The number of anilines is 2. The van der Waals surface area contributed by atoms with E-state index in [9.17, 15) is 0 Å². The smallest absolute Gasteiger partial charge is 0.247 e. The second-order valence-corrected chi connectivity index (χ2v) is 3.83. The van der Waals surface area contributed by atoms with Gasteiger partial charge >= 0.3 is 0 Å². The highest BCUT2D eigenvalue weighted by Crippen LogP contribution is 2.13. The maximum Gasteiger partial charge on any atom is 0.247 e. The summed E-state index contributed by atoms with van der Waals surface area (Å²) in [6.45, 7) is 4.34. The molecule has 0 unspecified atom stereocenters. The molecule has 0 aliphatic heterocycles. The molecule has 2 rings (SSSR count). The van der Waals surface area contributed by atoms with Crippen LogP contribution in [-0.4, -0.2) is 15.2 Å². The quantitative estimate of drug-likeness (QED) is 0.837. The highest BCUT2D eigenvalue weighted by atomic mass is 15.2. The summed E-state index contributed by atoms with van der Waals surface area (Å²) in [4.78, 5) is 4.30. The molecule has 0 amide bonds. The van der Waals surface area contributed by atoms with E-state index in [1.54, 1.807) is 0 Å². The van der Waals surface area contributed by atoms with Crippen molar-refractivity contribution in [1.82, 2.24) is 15.2 Å². The number of rotatable bonds is 3. The van der Waals surface area contributed by atoms with E-state index in [-0.39, 0.29) is 0 Å². The predicted molar refractivity (Wildman–Crippen MR) is 66.9 cm³/mol. The van der Waals surface area contributed by atoms with E-state index >= 15 is 0 Å². The van der Waals surface area contributed by atoms with E-state index < -0.39 is 0 Å². The van der Waals surface area contributed by atoms with Crippen LogP contribution < -0.4 is 11.1 Å². The number of benzene rings is 1. The Labute approximate surface area is 100 Å². The van der Waals surface area contributed by atoms with Crippen molar-refractivity contribution in [1.29, 1.82) is 0 Å². The Morgan fingerprint density at radius 3 is 2.35 bits per heavy atom. The molecule has 17 heavy (non-hydrogen) atoms. The molecule has 0 radical (unpaired) electrons. The number of nitrogens with one attached hydrogen (secondary N) is 1. The van der Waals surface area contributed by atoms with Gasteiger partial charge in [-0.1, -0.05) is 12.1 Å². The Kier molecular flexibility index (Phi) is 3.30. The summed E-state index contributed by atoms with van der Waals surface area (Å²) in [6, 6.07) is 7.83. The van der Waals surface area contributed by atoms with Gasteiger partial charge in [0.05, 0.1) is 11.4 Å². The fraction of sp³-hybridized carbons (Fsp3) is 0.250. The first-order valence-corrected chi connectivity index (χ1v) is 5.43. The van der Waals surface area contributed by atoms with Crippen LogP contribution in [0, 0.1) is 13.8 Å². The van der Waals surface area contributed by atoms with Crippen molar-refractivity contribution in [3.63, 3.8) is 0 Å². The van der Waals surface area contributed by atoms with Gasteiger partial charge in [-0.2, -0.15) is 5.10 Å². The molecule has 0 aliphatic carbocycles. The molecule has 0 aliphatic rings. The molecule has 5 nitrogen and oxygen atoms in total. The average Bonchev–Trinajstić information content (AvgIpc) is 2.35. The minimum Gasteiger partial charge on any atom is -0.326 e. The van der Waals surface area contributed by atoms with Crippen LogP contribution in [0.4, 0.5) is 11.6 Å². The van der Waals surface area contributed by atoms with Crippen molar-refractivity contribution in [2.45, 2.75) is 20.4 Å². The van der Waals surface area contributed by atoms with E-state index in [0.717, 1.165) is 22.6 Å². The predicted octanol–water partition coefficient (Wildman–Crippen LogP) is 1.69. The van der Waals surface area contributed by atoms with Gasteiger partial charge in [-0.25, -0.2) is 4.98 Å². The van der Waals surface area contributed by atoms with Gasteiger partial charge in [0.2, 0.25) is 5.95 Å². The lowest BCUT2D eigenvalue weighted by atomic mass is 10.2. The molecule has 2 aromatic rings. The Bertz CT molecular complexity index is 507. The molecule has 0 saturated carbocycles. The van der Waals surface area contributed by atoms with Crippen molar-refractivity contribution in [2.24, 2.45) is 5.73 Å². The minimum absolute atomic E-state index is 0.508. The highest BCUT2D eigenvalue weighted by Gasteiger charge is 2.01. The minimum atomic E-state index is 0.508. The normalized spacial score (nSPS) is 10.3. The maximum atomic E-state index is 5.53. The molecular formula is C12H15N5. The molecule has 0 fully saturated rings. The number of aromatic nitrogens is 3. The first kappa shape index (κ1) is 11.5. The largest absolute Gasteiger partial charge is 0.326 e. The second-order valence-electron chi connectivity index (χ2n) is 3.83. The highest BCUT2D eigenvalue weighted by molar-refractivity contribution is 5.53. The molecule has 0 spiro atoms. The van der Waals surface area contributed by atoms with Crippen LogP contribution in [0.1, 0.15) is 17.0 Å². The molecule has 0 atom stereocenters. The van der Waals surface area contributed by atoms with E-state index in [1.165, 1.54) is 0 Å². The number of aryl methyl sites for hydroxylation is 2. The van der Waals surface area contributed by atoms with Crippen molar-refractivity contribution in [3.05, 3.63) is 41.2 Å². The van der Waals surface area contributed by atoms with Gasteiger partial charge in [-0.05, 0) is 31.5 Å². The second kappa shape index (κ2) is 4.88. The zero-order chi connectivity index (χ0) is 12.3. The molecule has 0 saturated heterocycles. The van der Waals surface area contributed by atoms with Crippen molar-refractivity contribution < 1.29 is 0 Å². The van der Waals surface area contributed by atoms with E-state index in [2.05, 4.69) is 20.5 Å². The number of nitrogens with two attached hydrogens (primary N) is 1.